The smallest absolute Gasteiger partial charge is 0.165 e. The van der Waals surface area contributed by atoms with Crippen LogP contribution in [0.15, 0.2) is 42.5 Å². The van der Waals surface area contributed by atoms with Crippen molar-refractivity contribution in [1.29, 1.82) is 0 Å². The van der Waals surface area contributed by atoms with Crippen molar-refractivity contribution >= 4 is 16.7 Å². The normalized spacial score (nSPS) is 22.1. The zero-order valence-electron chi connectivity index (χ0n) is 15.0. The molecule has 3 aromatic rings. The average Bonchev–Trinajstić information content (AvgIpc) is 2.94. The third-order valence-corrected chi connectivity index (χ3v) is 5.90. The number of fused-ring (bicyclic) bond motifs is 3. The van der Waals surface area contributed by atoms with E-state index in [0.29, 0.717) is 17.4 Å². The number of aryl methyl sites for hydroxylation is 1. The molecule has 1 aliphatic heterocycles. The highest BCUT2D eigenvalue weighted by Crippen LogP contribution is 2.41. The van der Waals surface area contributed by atoms with E-state index in [1.165, 1.54) is 31.2 Å². The minimum absolute atomic E-state index is 0.227. The van der Waals surface area contributed by atoms with Gasteiger partial charge in [0.05, 0.1) is 11.1 Å². The summed E-state index contributed by atoms with van der Waals surface area (Å²) in [5.74, 6) is 2.66. The van der Waals surface area contributed by atoms with Gasteiger partial charge in [0.1, 0.15) is 11.6 Å². The standard InChI is InChI=1S/C22H23N3O/c1-14-9-10-17-19(11-14)23-21(18-7-2-3-8-20(18)26)24-22(17)25-13-15-5-4-6-16(25)12-15/h2-3,7-11,15-16,26H,4-6,12-13H2,1H3. The molecular formula is C22H23N3O. The van der Waals surface area contributed by atoms with Crippen LogP contribution in [0.25, 0.3) is 22.3 Å². The summed E-state index contributed by atoms with van der Waals surface area (Å²) in [7, 11) is 0. The summed E-state index contributed by atoms with van der Waals surface area (Å²) in [4.78, 5) is 12.2. The van der Waals surface area contributed by atoms with Crippen LogP contribution in [0, 0.1) is 12.8 Å². The molecule has 0 amide bonds. The summed E-state index contributed by atoms with van der Waals surface area (Å²) in [5.41, 5.74) is 2.83. The lowest BCUT2D eigenvalue weighted by Gasteiger charge is -2.27. The van der Waals surface area contributed by atoms with Gasteiger partial charge in [-0.3, -0.25) is 0 Å². The minimum Gasteiger partial charge on any atom is -0.507 e. The molecular weight excluding hydrogens is 322 g/mol. The van der Waals surface area contributed by atoms with Gasteiger partial charge in [-0.2, -0.15) is 0 Å². The molecule has 2 aromatic carbocycles. The Morgan fingerprint density at radius 2 is 1.96 bits per heavy atom. The van der Waals surface area contributed by atoms with Crippen LogP contribution in [0.4, 0.5) is 5.82 Å². The predicted octanol–water partition coefficient (Wildman–Crippen LogP) is 4.69. The Morgan fingerprint density at radius 3 is 2.81 bits per heavy atom. The van der Waals surface area contributed by atoms with Gasteiger partial charge in [-0.05, 0) is 61.9 Å². The van der Waals surface area contributed by atoms with Crippen molar-refractivity contribution in [3.63, 3.8) is 0 Å². The summed E-state index contributed by atoms with van der Waals surface area (Å²) in [6, 6.07) is 14.3. The van der Waals surface area contributed by atoms with Crippen LogP contribution in [0.3, 0.4) is 0 Å². The summed E-state index contributed by atoms with van der Waals surface area (Å²) < 4.78 is 0. The molecule has 1 saturated heterocycles. The first-order valence-corrected chi connectivity index (χ1v) is 9.52. The third kappa shape index (κ3) is 2.52. The van der Waals surface area contributed by atoms with Crippen molar-refractivity contribution < 1.29 is 5.11 Å². The Hall–Kier alpha value is -2.62. The number of para-hydroxylation sites is 1. The highest BCUT2D eigenvalue weighted by Gasteiger charge is 2.36. The van der Waals surface area contributed by atoms with Gasteiger partial charge in [0.2, 0.25) is 0 Å². The van der Waals surface area contributed by atoms with E-state index in [4.69, 9.17) is 9.97 Å². The number of hydrogen-bond donors (Lipinski definition) is 1. The van der Waals surface area contributed by atoms with E-state index in [9.17, 15) is 5.11 Å². The SMILES string of the molecule is Cc1ccc2c(N3CC4CCCC3C4)nc(-c3ccccc3O)nc2c1. The van der Waals surface area contributed by atoms with E-state index in [2.05, 4.69) is 30.0 Å². The van der Waals surface area contributed by atoms with Crippen LogP contribution in [0.2, 0.25) is 0 Å². The molecule has 5 rings (SSSR count). The number of anilines is 1. The van der Waals surface area contributed by atoms with Gasteiger partial charge >= 0.3 is 0 Å². The number of phenols is 1. The molecule has 2 aliphatic rings. The van der Waals surface area contributed by atoms with E-state index < -0.39 is 0 Å². The van der Waals surface area contributed by atoms with Gasteiger partial charge < -0.3 is 10.0 Å². The van der Waals surface area contributed by atoms with Crippen LogP contribution in [-0.4, -0.2) is 27.7 Å². The van der Waals surface area contributed by atoms with Gasteiger partial charge in [-0.1, -0.05) is 24.6 Å². The molecule has 132 valence electrons. The summed E-state index contributed by atoms with van der Waals surface area (Å²) >= 11 is 0. The van der Waals surface area contributed by atoms with Crippen LogP contribution >= 0.6 is 0 Å². The second kappa shape index (κ2) is 5.97. The highest BCUT2D eigenvalue weighted by atomic mass is 16.3. The lowest BCUT2D eigenvalue weighted by Crippen LogP contribution is -2.29. The first-order chi connectivity index (χ1) is 12.7. The first kappa shape index (κ1) is 15.6. The van der Waals surface area contributed by atoms with E-state index >= 15 is 0 Å². The first-order valence-electron chi connectivity index (χ1n) is 9.52. The van der Waals surface area contributed by atoms with E-state index in [1.54, 1.807) is 6.07 Å². The fraction of sp³-hybridized carbons (Fsp3) is 0.364. The third-order valence-electron chi connectivity index (χ3n) is 5.90. The molecule has 2 atom stereocenters. The maximum Gasteiger partial charge on any atom is 0.165 e. The van der Waals surface area contributed by atoms with E-state index in [1.807, 2.05) is 18.2 Å². The quantitative estimate of drug-likeness (QED) is 0.732. The molecule has 2 unspecified atom stereocenters. The molecule has 1 aromatic heterocycles. The molecule has 2 bridgehead atoms. The van der Waals surface area contributed by atoms with Crippen LogP contribution < -0.4 is 4.90 Å². The fourth-order valence-electron chi connectivity index (χ4n) is 4.62. The predicted molar refractivity (Wildman–Crippen MR) is 104 cm³/mol. The van der Waals surface area contributed by atoms with Crippen molar-refractivity contribution in [2.24, 2.45) is 5.92 Å². The van der Waals surface area contributed by atoms with E-state index in [0.717, 1.165) is 29.2 Å². The molecule has 1 N–H and O–H groups in total. The second-order valence-corrected chi connectivity index (χ2v) is 7.75. The van der Waals surface area contributed by atoms with Crippen molar-refractivity contribution in [3.8, 4) is 17.1 Å². The Kier molecular flexibility index (Phi) is 3.59. The number of benzene rings is 2. The van der Waals surface area contributed by atoms with Crippen molar-refractivity contribution in [2.45, 2.75) is 38.6 Å². The van der Waals surface area contributed by atoms with Gasteiger partial charge in [-0.15, -0.1) is 0 Å². The molecule has 2 fully saturated rings. The largest absolute Gasteiger partial charge is 0.507 e. The zero-order valence-corrected chi connectivity index (χ0v) is 15.0. The fourth-order valence-corrected chi connectivity index (χ4v) is 4.62. The Labute approximate surface area is 153 Å². The van der Waals surface area contributed by atoms with Crippen LogP contribution in [0.5, 0.6) is 5.75 Å². The molecule has 2 heterocycles. The maximum absolute atomic E-state index is 10.3. The van der Waals surface area contributed by atoms with Crippen molar-refractivity contribution in [3.05, 3.63) is 48.0 Å². The van der Waals surface area contributed by atoms with Crippen molar-refractivity contribution in [1.82, 2.24) is 9.97 Å². The Bertz CT molecular complexity index is 984. The molecule has 1 saturated carbocycles. The average molecular weight is 345 g/mol. The molecule has 1 aliphatic carbocycles. The highest BCUT2D eigenvalue weighted by molar-refractivity contribution is 5.92. The van der Waals surface area contributed by atoms with E-state index in [-0.39, 0.29) is 5.75 Å². The lowest BCUT2D eigenvalue weighted by atomic mass is 9.90. The van der Waals surface area contributed by atoms with Gasteiger partial charge in [0.15, 0.2) is 5.82 Å². The lowest BCUT2D eigenvalue weighted by molar-refractivity contribution is 0.415. The molecule has 0 radical (unpaired) electrons. The summed E-state index contributed by atoms with van der Waals surface area (Å²) in [6.45, 7) is 3.18. The minimum atomic E-state index is 0.227. The monoisotopic (exact) mass is 345 g/mol. The zero-order chi connectivity index (χ0) is 17.7. The maximum atomic E-state index is 10.3. The van der Waals surface area contributed by atoms with Crippen molar-refractivity contribution in [2.75, 3.05) is 11.4 Å². The topological polar surface area (TPSA) is 49.2 Å². The van der Waals surface area contributed by atoms with Crippen LogP contribution in [-0.2, 0) is 0 Å². The van der Waals surface area contributed by atoms with Crippen LogP contribution in [0.1, 0.15) is 31.2 Å². The summed E-state index contributed by atoms with van der Waals surface area (Å²) in [5, 5.41) is 11.4. The molecule has 0 spiro atoms. The van der Waals surface area contributed by atoms with Gasteiger partial charge in [-0.25, -0.2) is 9.97 Å². The number of nitrogens with zero attached hydrogens (tertiary/aromatic N) is 3. The number of phenolic OH excluding ortho intramolecular Hbond substituents is 1. The number of aromatic hydroxyl groups is 1. The molecule has 4 heteroatoms. The number of aromatic nitrogens is 2. The number of hydrogen-bond acceptors (Lipinski definition) is 4. The summed E-state index contributed by atoms with van der Waals surface area (Å²) in [6.07, 6.45) is 5.19. The van der Waals surface area contributed by atoms with Gasteiger partial charge in [0, 0.05) is 18.0 Å². The number of rotatable bonds is 2. The Balaban J connectivity index is 1.72. The Morgan fingerprint density at radius 1 is 1.08 bits per heavy atom. The van der Waals surface area contributed by atoms with Gasteiger partial charge in [0.25, 0.3) is 0 Å². The second-order valence-electron chi connectivity index (χ2n) is 7.75. The molecule has 4 nitrogen and oxygen atoms in total. The molecule has 26 heavy (non-hydrogen) atoms.